The predicted molar refractivity (Wildman–Crippen MR) is 123 cm³/mol. The number of anilines is 2. The summed E-state index contributed by atoms with van der Waals surface area (Å²) in [5, 5.41) is 1.55. The minimum absolute atomic E-state index is 0.166. The van der Waals surface area contributed by atoms with Crippen molar-refractivity contribution >= 4 is 40.9 Å². The van der Waals surface area contributed by atoms with Crippen molar-refractivity contribution in [2.45, 2.75) is 19.1 Å². The average molecular weight is 443 g/mol. The van der Waals surface area contributed by atoms with E-state index < -0.39 is 18.1 Å². The third-order valence-electron chi connectivity index (χ3n) is 6.42. The zero-order valence-electron chi connectivity index (χ0n) is 18.5. The van der Waals surface area contributed by atoms with Crippen LogP contribution in [0.15, 0.2) is 71.4 Å². The lowest BCUT2D eigenvalue weighted by molar-refractivity contribution is -0.495. The third-order valence-corrected chi connectivity index (χ3v) is 6.42. The number of allylic oxidation sites excluding steroid dienone is 1. The van der Waals surface area contributed by atoms with Crippen LogP contribution in [0.3, 0.4) is 0 Å². The molecule has 3 heterocycles. The number of ether oxygens (including phenoxy) is 1. The van der Waals surface area contributed by atoms with Gasteiger partial charge in [0, 0.05) is 25.7 Å². The largest absolute Gasteiger partial charge is 0.491 e. The molecule has 2 aromatic rings. The molecular formula is C25H23N4O4+. The molecule has 8 nitrogen and oxygen atoms in total. The smallest absolute Gasteiger partial charge is 0.318 e. The van der Waals surface area contributed by atoms with E-state index in [0.29, 0.717) is 0 Å². The Morgan fingerprint density at radius 3 is 2.45 bits per heavy atom. The molecule has 0 saturated heterocycles. The number of hydrogen-bond acceptors (Lipinski definition) is 5. The quantitative estimate of drug-likeness (QED) is 0.414. The van der Waals surface area contributed by atoms with E-state index in [1.807, 2.05) is 61.5 Å². The zero-order chi connectivity index (χ0) is 23.3. The van der Waals surface area contributed by atoms with Crippen LogP contribution in [-0.4, -0.2) is 54.3 Å². The summed E-state index contributed by atoms with van der Waals surface area (Å²) in [4.78, 5) is 45.2. The lowest BCUT2D eigenvalue weighted by atomic mass is 9.82. The Kier molecular flexibility index (Phi) is 4.92. The number of amides is 2. The molecule has 0 bridgehead atoms. The molecule has 3 aliphatic rings. The van der Waals surface area contributed by atoms with Crippen LogP contribution in [-0.2, 0) is 19.1 Å². The van der Waals surface area contributed by atoms with Gasteiger partial charge in [-0.05, 0) is 18.2 Å². The Labute approximate surface area is 191 Å². The lowest BCUT2D eigenvalue weighted by Crippen LogP contribution is -2.47. The van der Waals surface area contributed by atoms with E-state index in [0.717, 1.165) is 22.6 Å². The van der Waals surface area contributed by atoms with Gasteiger partial charge in [-0.1, -0.05) is 41.4 Å². The topological polar surface area (TPSA) is 82.3 Å². The molecule has 2 amide bonds. The fraction of sp³-hybridized carbons (Fsp3) is 0.240. The highest BCUT2D eigenvalue weighted by molar-refractivity contribution is 6.24. The fourth-order valence-corrected chi connectivity index (χ4v) is 4.52. The number of nitrogens with zero attached hydrogens (tertiary/aromatic N) is 4. The molecule has 0 radical (unpaired) electrons. The molecule has 0 spiro atoms. The van der Waals surface area contributed by atoms with Crippen LogP contribution in [0.1, 0.15) is 18.6 Å². The molecule has 2 aromatic carbocycles. The minimum Gasteiger partial charge on any atom is -0.491 e. The van der Waals surface area contributed by atoms with Crippen LogP contribution in [0.2, 0.25) is 0 Å². The van der Waals surface area contributed by atoms with Crippen molar-refractivity contribution in [3.8, 4) is 0 Å². The van der Waals surface area contributed by atoms with Crippen molar-refractivity contribution in [3.63, 3.8) is 0 Å². The highest BCUT2D eigenvalue weighted by Crippen LogP contribution is 2.42. The number of Topliss-reactive ketones (excluding diaryl/α,β-unsaturated/α-hetero) is 1. The first-order chi connectivity index (χ1) is 15.9. The Morgan fingerprint density at radius 2 is 1.70 bits per heavy atom. The Bertz CT molecular complexity index is 1260. The summed E-state index contributed by atoms with van der Waals surface area (Å²) in [5.74, 6) is -1.89. The monoisotopic (exact) mass is 443 g/mol. The van der Waals surface area contributed by atoms with Crippen molar-refractivity contribution in [2.75, 3.05) is 24.0 Å². The van der Waals surface area contributed by atoms with Crippen molar-refractivity contribution in [1.82, 2.24) is 0 Å². The van der Waals surface area contributed by atoms with Crippen LogP contribution in [0.5, 0.6) is 0 Å². The molecule has 33 heavy (non-hydrogen) atoms. The number of ketones is 1. The Balaban J connectivity index is 1.43. The number of rotatable bonds is 3. The van der Waals surface area contributed by atoms with Crippen LogP contribution < -0.4 is 9.91 Å². The van der Waals surface area contributed by atoms with E-state index in [1.54, 1.807) is 23.8 Å². The van der Waals surface area contributed by atoms with E-state index in [-0.39, 0.29) is 23.2 Å². The van der Waals surface area contributed by atoms with Crippen LogP contribution >= 0.6 is 0 Å². The van der Waals surface area contributed by atoms with Crippen LogP contribution in [0, 0.1) is 5.92 Å². The van der Waals surface area contributed by atoms with Gasteiger partial charge in [0.15, 0.2) is 12.8 Å². The molecule has 3 aliphatic heterocycles. The van der Waals surface area contributed by atoms with Gasteiger partial charge in [0.05, 0.1) is 17.5 Å². The van der Waals surface area contributed by atoms with Gasteiger partial charge in [0.1, 0.15) is 17.7 Å². The van der Waals surface area contributed by atoms with Gasteiger partial charge in [0.2, 0.25) is 17.7 Å². The van der Waals surface area contributed by atoms with Crippen LogP contribution in [0.25, 0.3) is 0 Å². The highest BCUT2D eigenvalue weighted by atomic mass is 16.5. The van der Waals surface area contributed by atoms with Gasteiger partial charge in [-0.2, -0.15) is 0 Å². The number of carbonyl (C=O) groups excluding carboxylic acids is 3. The summed E-state index contributed by atoms with van der Waals surface area (Å²) in [7, 11) is 3.45. The summed E-state index contributed by atoms with van der Waals surface area (Å²) < 4.78 is 7.61. The maximum atomic E-state index is 13.2. The Morgan fingerprint density at radius 1 is 1.00 bits per heavy atom. The van der Waals surface area contributed by atoms with Crippen molar-refractivity contribution in [3.05, 3.63) is 72.0 Å². The predicted octanol–water partition coefficient (Wildman–Crippen LogP) is 2.31. The number of hydrazine groups is 1. The highest BCUT2D eigenvalue weighted by Gasteiger charge is 2.48. The van der Waals surface area contributed by atoms with Crippen molar-refractivity contribution < 1.29 is 23.8 Å². The van der Waals surface area contributed by atoms with Gasteiger partial charge >= 0.3 is 5.91 Å². The van der Waals surface area contributed by atoms with Crippen molar-refractivity contribution in [1.29, 1.82) is 0 Å². The minimum atomic E-state index is -0.982. The first-order valence-electron chi connectivity index (χ1n) is 10.7. The number of carbonyl (C=O) groups is 3. The van der Waals surface area contributed by atoms with Gasteiger partial charge < -0.3 is 9.64 Å². The standard InChI is InChI=1S/C25H23N4O4/c1-15-21(25(32)29(28(15)3)17-9-5-4-6-10-17)26-13-16-14-33-23-18-11-7-8-12-19(18)27(2)24(31)20(23)22(16)30/h4-14,20-21,23H,1-3H3/q+1/t20-,21-,23-/m0/s1. The number of fused-ring (bicyclic) bond motifs is 3. The van der Waals surface area contributed by atoms with E-state index in [4.69, 9.17) is 4.74 Å². The van der Waals surface area contributed by atoms with Gasteiger partial charge in [0.25, 0.3) is 0 Å². The lowest BCUT2D eigenvalue weighted by Gasteiger charge is -2.38. The van der Waals surface area contributed by atoms with Crippen LogP contribution in [0.4, 0.5) is 11.4 Å². The van der Waals surface area contributed by atoms with E-state index in [9.17, 15) is 14.4 Å². The molecule has 166 valence electrons. The summed E-state index contributed by atoms with van der Waals surface area (Å²) in [6, 6.07) is 15.9. The number of hydrazone groups is 1. The molecule has 8 heteroatoms. The fourth-order valence-electron chi connectivity index (χ4n) is 4.52. The SMILES string of the molecule is CC1=[N+](C)N(c2ccccc2)C(=O)[C@H]1N=CC1=CO[C@H]2c3ccccc3N(C)C(=O)[C@H]2C1=O. The van der Waals surface area contributed by atoms with E-state index in [1.165, 1.54) is 17.4 Å². The number of para-hydroxylation sites is 2. The van der Waals surface area contributed by atoms with Crippen molar-refractivity contribution in [2.24, 2.45) is 10.9 Å². The van der Waals surface area contributed by atoms with Gasteiger partial charge in [-0.15, -0.1) is 4.68 Å². The van der Waals surface area contributed by atoms with Gasteiger partial charge in [-0.25, -0.2) is 0 Å². The Hall–Kier alpha value is -4.07. The number of hydrogen-bond donors (Lipinski definition) is 0. The first-order valence-corrected chi connectivity index (χ1v) is 10.7. The summed E-state index contributed by atoms with van der Waals surface area (Å²) in [6.45, 7) is 1.82. The zero-order valence-corrected chi connectivity index (χ0v) is 18.5. The molecule has 0 aliphatic carbocycles. The first kappa shape index (κ1) is 20.8. The molecule has 3 atom stereocenters. The maximum Gasteiger partial charge on any atom is 0.318 e. The maximum absolute atomic E-state index is 13.2. The molecular weight excluding hydrogens is 420 g/mol. The van der Waals surface area contributed by atoms with E-state index in [2.05, 4.69) is 4.99 Å². The molecule has 0 fully saturated rings. The number of benzene rings is 2. The second kappa shape index (κ2) is 7.81. The molecule has 0 unspecified atom stereocenters. The second-order valence-electron chi connectivity index (χ2n) is 8.26. The molecule has 0 N–H and O–H groups in total. The summed E-state index contributed by atoms with van der Waals surface area (Å²) >= 11 is 0. The molecule has 5 rings (SSSR count). The molecule has 0 saturated carbocycles. The molecule has 0 aromatic heterocycles. The van der Waals surface area contributed by atoms with E-state index >= 15 is 0 Å². The third kappa shape index (κ3) is 3.17. The summed E-state index contributed by atoms with van der Waals surface area (Å²) in [5.41, 5.74) is 3.15. The summed E-state index contributed by atoms with van der Waals surface area (Å²) in [6.07, 6.45) is 2.02. The van der Waals surface area contributed by atoms with Gasteiger partial charge in [-0.3, -0.25) is 19.4 Å². The average Bonchev–Trinajstić information content (AvgIpc) is 3.04. The normalized spacial score (nSPS) is 24.8. The number of aliphatic imine (C=N–C) groups is 1. The second-order valence-corrected chi connectivity index (χ2v) is 8.26.